The number of aliphatic hydroxyl groups is 1. The molecule has 0 amide bonds. The topological polar surface area (TPSA) is 78.9 Å². The molecule has 0 radical (unpaired) electrons. The van der Waals surface area contributed by atoms with Crippen LogP contribution in [0.5, 0.6) is 5.75 Å². The van der Waals surface area contributed by atoms with E-state index >= 15 is 0 Å². The van der Waals surface area contributed by atoms with Crippen molar-refractivity contribution in [3.05, 3.63) is 36.4 Å². The number of hydrogen-bond donors (Lipinski definition) is 2. The summed E-state index contributed by atoms with van der Waals surface area (Å²) in [5.74, 6) is 0.745. The van der Waals surface area contributed by atoms with E-state index in [4.69, 9.17) is 4.74 Å². The highest BCUT2D eigenvalue weighted by molar-refractivity contribution is 7.89. The summed E-state index contributed by atoms with van der Waals surface area (Å²) >= 11 is 0. The summed E-state index contributed by atoms with van der Waals surface area (Å²) in [7, 11) is -1.92. The third kappa shape index (κ3) is 4.73. The Morgan fingerprint density at radius 2 is 2.00 bits per heavy atom. The lowest BCUT2D eigenvalue weighted by Gasteiger charge is -2.29. The van der Waals surface area contributed by atoms with Crippen molar-refractivity contribution in [3.63, 3.8) is 0 Å². The van der Waals surface area contributed by atoms with E-state index < -0.39 is 10.0 Å². The van der Waals surface area contributed by atoms with Gasteiger partial charge in [0.05, 0.1) is 18.1 Å². The molecule has 2 N–H and O–H groups in total. The fourth-order valence-corrected chi connectivity index (χ4v) is 4.43. The molecular weight excluding hydrogens is 352 g/mol. The van der Waals surface area contributed by atoms with Gasteiger partial charge in [-0.1, -0.05) is 12.1 Å². The molecule has 0 aliphatic carbocycles. The number of nitrogens with one attached hydrogen (secondary N) is 1. The largest absolute Gasteiger partial charge is 0.497 e. The first-order chi connectivity index (χ1) is 12.5. The average molecular weight is 378 g/mol. The van der Waals surface area contributed by atoms with Crippen LogP contribution in [0.4, 0.5) is 0 Å². The molecule has 1 aliphatic heterocycles. The molecule has 1 fully saturated rings. The van der Waals surface area contributed by atoms with Gasteiger partial charge >= 0.3 is 0 Å². The SMILES string of the molecule is COc1ccc2cc(S(=O)(=O)NCCCN3CCC[C@H](O)C3)ccc2c1. The molecule has 1 heterocycles. The van der Waals surface area contributed by atoms with E-state index in [0.29, 0.717) is 13.1 Å². The normalized spacial score (nSPS) is 18.9. The molecule has 0 bridgehead atoms. The van der Waals surface area contributed by atoms with Gasteiger partial charge < -0.3 is 14.7 Å². The highest BCUT2D eigenvalue weighted by atomic mass is 32.2. The molecule has 142 valence electrons. The molecule has 2 aromatic carbocycles. The molecule has 26 heavy (non-hydrogen) atoms. The van der Waals surface area contributed by atoms with E-state index in [0.717, 1.165) is 48.9 Å². The number of rotatable bonds is 7. The zero-order valence-corrected chi connectivity index (χ0v) is 15.8. The van der Waals surface area contributed by atoms with E-state index in [1.165, 1.54) is 0 Å². The Hall–Kier alpha value is -1.67. The summed E-state index contributed by atoms with van der Waals surface area (Å²) in [5, 5.41) is 11.5. The van der Waals surface area contributed by atoms with Crippen LogP contribution in [-0.2, 0) is 10.0 Å². The maximum Gasteiger partial charge on any atom is 0.240 e. The number of fused-ring (bicyclic) bond motifs is 1. The van der Waals surface area contributed by atoms with Crippen molar-refractivity contribution in [2.24, 2.45) is 0 Å². The van der Waals surface area contributed by atoms with Gasteiger partial charge in [-0.2, -0.15) is 0 Å². The molecule has 3 rings (SSSR count). The Balaban J connectivity index is 1.58. The van der Waals surface area contributed by atoms with Crippen molar-refractivity contribution in [3.8, 4) is 5.75 Å². The van der Waals surface area contributed by atoms with Crippen LogP contribution in [0.1, 0.15) is 19.3 Å². The number of likely N-dealkylation sites (tertiary alicyclic amines) is 1. The van der Waals surface area contributed by atoms with Crippen LogP contribution >= 0.6 is 0 Å². The van der Waals surface area contributed by atoms with Crippen LogP contribution in [0.2, 0.25) is 0 Å². The number of methoxy groups -OCH3 is 1. The first-order valence-corrected chi connectivity index (χ1v) is 10.4. The molecule has 7 heteroatoms. The minimum atomic E-state index is -3.53. The van der Waals surface area contributed by atoms with Gasteiger partial charge in [-0.05, 0) is 67.4 Å². The third-order valence-electron chi connectivity index (χ3n) is 4.75. The zero-order valence-electron chi connectivity index (χ0n) is 15.0. The number of β-amino-alcohol motifs (C(OH)–C–C–N with tert-alkyl or cyclic N) is 1. The van der Waals surface area contributed by atoms with E-state index in [1.54, 1.807) is 25.3 Å². The molecule has 2 aromatic rings. The Morgan fingerprint density at radius 1 is 1.23 bits per heavy atom. The molecule has 0 aromatic heterocycles. The summed E-state index contributed by atoms with van der Waals surface area (Å²) in [4.78, 5) is 2.45. The molecule has 0 unspecified atom stereocenters. The molecule has 0 saturated carbocycles. The van der Waals surface area contributed by atoms with Gasteiger partial charge in [-0.3, -0.25) is 0 Å². The second kappa shape index (κ2) is 8.35. The van der Waals surface area contributed by atoms with Gasteiger partial charge in [-0.15, -0.1) is 0 Å². The van der Waals surface area contributed by atoms with Crippen molar-refractivity contribution in [2.75, 3.05) is 33.3 Å². The molecule has 1 aliphatic rings. The van der Waals surface area contributed by atoms with E-state index in [2.05, 4.69) is 9.62 Å². The van der Waals surface area contributed by atoms with Gasteiger partial charge in [0.15, 0.2) is 0 Å². The second-order valence-corrected chi connectivity index (χ2v) is 8.49. The van der Waals surface area contributed by atoms with Crippen LogP contribution in [0, 0.1) is 0 Å². The monoisotopic (exact) mass is 378 g/mol. The Bertz CT molecular complexity index is 854. The Labute approximate surface area is 154 Å². The fourth-order valence-electron chi connectivity index (χ4n) is 3.32. The maximum atomic E-state index is 12.5. The number of piperidine rings is 1. The Morgan fingerprint density at radius 3 is 2.77 bits per heavy atom. The summed E-state index contributed by atoms with van der Waals surface area (Å²) in [6.07, 6.45) is 2.32. The van der Waals surface area contributed by atoms with Crippen molar-refractivity contribution in [1.29, 1.82) is 0 Å². The molecule has 1 atom stereocenters. The molecule has 1 saturated heterocycles. The predicted octanol–water partition coefficient (Wildman–Crippen LogP) is 1.97. The summed E-state index contributed by atoms with van der Waals surface area (Å²) in [6, 6.07) is 10.6. The van der Waals surface area contributed by atoms with Crippen LogP contribution in [0.15, 0.2) is 41.3 Å². The molecular formula is C19H26N2O4S. The number of ether oxygens (including phenoxy) is 1. The predicted molar refractivity (Wildman–Crippen MR) is 102 cm³/mol. The maximum absolute atomic E-state index is 12.5. The van der Waals surface area contributed by atoms with Crippen molar-refractivity contribution in [2.45, 2.75) is 30.3 Å². The quantitative estimate of drug-likeness (QED) is 0.720. The number of benzene rings is 2. The van der Waals surface area contributed by atoms with Gasteiger partial charge in [0, 0.05) is 13.1 Å². The van der Waals surface area contributed by atoms with Crippen molar-refractivity contribution >= 4 is 20.8 Å². The smallest absolute Gasteiger partial charge is 0.240 e. The highest BCUT2D eigenvalue weighted by Gasteiger charge is 2.18. The lowest BCUT2D eigenvalue weighted by molar-refractivity contribution is 0.0704. The van der Waals surface area contributed by atoms with Gasteiger partial charge in [0.2, 0.25) is 10.0 Å². The van der Waals surface area contributed by atoms with Crippen LogP contribution in [0.3, 0.4) is 0 Å². The minimum absolute atomic E-state index is 0.253. The molecule has 0 spiro atoms. The number of nitrogens with zero attached hydrogens (tertiary/aromatic N) is 1. The van der Waals surface area contributed by atoms with Crippen LogP contribution in [0.25, 0.3) is 10.8 Å². The number of hydrogen-bond acceptors (Lipinski definition) is 5. The summed E-state index contributed by atoms with van der Waals surface area (Å²) < 4.78 is 32.9. The van der Waals surface area contributed by atoms with Crippen LogP contribution in [-0.4, -0.2) is 57.8 Å². The van der Waals surface area contributed by atoms with Crippen molar-refractivity contribution < 1.29 is 18.3 Å². The highest BCUT2D eigenvalue weighted by Crippen LogP contribution is 2.23. The van der Waals surface area contributed by atoms with Gasteiger partial charge in [0.1, 0.15) is 5.75 Å². The lowest BCUT2D eigenvalue weighted by Crippen LogP contribution is -2.39. The zero-order chi connectivity index (χ0) is 18.6. The lowest BCUT2D eigenvalue weighted by atomic mass is 10.1. The summed E-state index contributed by atoms with van der Waals surface area (Å²) in [5.41, 5.74) is 0. The average Bonchev–Trinajstić information content (AvgIpc) is 2.64. The van der Waals surface area contributed by atoms with E-state index in [-0.39, 0.29) is 11.0 Å². The minimum Gasteiger partial charge on any atom is -0.497 e. The standard InChI is InChI=1S/C19H26N2O4S/c1-25-18-7-5-16-13-19(8-6-15(16)12-18)26(23,24)20-9-3-11-21-10-2-4-17(22)14-21/h5-8,12-13,17,20,22H,2-4,9-11,14H2,1H3/t17-/m0/s1. The van der Waals surface area contributed by atoms with Gasteiger partial charge in [0.25, 0.3) is 0 Å². The first kappa shape index (κ1) is 19.1. The van der Waals surface area contributed by atoms with Crippen molar-refractivity contribution in [1.82, 2.24) is 9.62 Å². The van der Waals surface area contributed by atoms with E-state index in [9.17, 15) is 13.5 Å². The summed E-state index contributed by atoms with van der Waals surface area (Å²) in [6.45, 7) is 2.82. The third-order valence-corrected chi connectivity index (χ3v) is 6.21. The van der Waals surface area contributed by atoms with Gasteiger partial charge in [-0.25, -0.2) is 13.1 Å². The molecule has 6 nitrogen and oxygen atoms in total. The van der Waals surface area contributed by atoms with Crippen LogP contribution < -0.4 is 9.46 Å². The number of sulfonamides is 1. The first-order valence-electron chi connectivity index (χ1n) is 8.96. The number of aliphatic hydroxyl groups excluding tert-OH is 1. The van der Waals surface area contributed by atoms with E-state index in [1.807, 2.05) is 18.2 Å². The fraction of sp³-hybridized carbons (Fsp3) is 0.474. The Kier molecular flexibility index (Phi) is 6.13. The second-order valence-electron chi connectivity index (χ2n) is 6.72.